The smallest absolute Gasteiger partial charge is 0.313 e. The minimum absolute atomic E-state index is 0.00856. The van der Waals surface area contributed by atoms with Gasteiger partial charge in [0.25, 0.3) is 0 Å². The second-order valence-electron chi connectivity index (χ2n) is 8.00. The number of hydrogen-bond acceptors (Lipinski definition) is 5. The second kappa shape index (κ2) is 7.64. The number of nitrogens with one attached hydrogen (secondary N) is 3. The SMILES string of the molecule is CNS(=O)(=O)c1cccc(NC(=O)C(=O)N[C@@H]2CC(C)(C)Cc3oc(C)cc32)c1. The first-order valence-electron chi connectivity index (χ1n) is 9.25. The van der Waals surface area contributed by atoms with E-state index in [0.717, 1.165) is 23.5 Å². The molecule has 2 aromatic rings. The molecule has 9 heteroatoms. The summed E-state index contributed by atoms with van der Waals surface area (Å²) in [7, 11) is -2.36. The lowest BCUT2D eigenvalue weighted by Crippen LogP contribution is -2.41. The number of rotatable bonds is 4. The average molecular weight is 420 g/mol. The summed E-state index contributed by atoms with van der Waals surface area (Å²) in [6, 6.07) is 7.25. The van der Waals surface area contributed by atoms with Crippen LogP contribution in [-0.4, -0.2) is 27.3 Å². The number of carbonyl (C=O) groups excluding carboxylic acids is 2. The van der Waals surface area contributed by atoms with E-state index in [-0.39, 0.29) is 22.0 Å². The van der Waals surface area contributed by atoms with Gasteiger partial charge in [-0.05, 0) is 50.1 Å². The van der Waals surface area contributed by atoms with E-state index in [1.807, 2.05) is 13.0 Å². The molecule has 1 atom stereocenters. The van der Waals surface area contributed by atoms with Crippen molar-refractivity contribution in [2.24, 2.45) is 5.41 Å². The molecule has 3 rings (SSSR count). The Morgan fingerprint density at radius 1 is 1.17 bits per heavy atom. The summed E-state index contributed by atoms with van der Waals surface area (Å²) in [5.41, 5.74) is 1.03. The molecular formula is C20H25N3O5S. The van der Waals surface area contributed by atoms with Gasteiger partial charge in [-0.25, -0.2) is 13.1 Å². The van der Waals surface area contributed by atoms with E-state index in [0.29, 0.717) is 6.42 Å². The fourth-order valence-corrected chi connectivity index (χ4v) is 4.36. The molecule has 3 N–H and O–H groups in total. The first-order chi connectivity index (χ1) is 13.5. The van der Waals surface area contributed by atoms with E-state index in [4.69, 9.17) is 4.42 Å². The topological polar surface area (TPSA) is 118 Å². The molecule has 0 fully saturated rings. The van der Waals surface area contributed by atoms with Gasteiger partial charge < -0.3 is 15.1 Å². The molecule has 1 aliphatic carbocycles. The van der Waals surface area contributed by atoms with Crippen molar-refractivity contribution in [3.8, 4) is 0 Å². The lowest BCUT2D eigenvalue weighted by atomic mass is 9.74. The van der Waals surface area contributed by atoms with Crippen LogP contribution in [0.15, 0.2) is 39.6 Å². The average Bonchev–Trinajstić information content (AvgIpc) is 3.00. The van der Waals surface area contributed by atoms with Gasteiger partial charge in [-0.3, -0.25) is 9.59 Å². The van der Waals surface area contributed by atoms with Crippen molar-refractivity contribution in [3.63, 3.8) is 0 Å². The van der Waals surface area contributed by atoms with Crippen LogP contribution in [0.1, 0.15) is 43.4 Å². The maximum Gasteiger partial charge on any atom is 0.313 e. The zero-order valence-corrected chi connectivity index (χ0v) is 17.6. The van der Waals surface area contributed by atoms with Crippen LogP contribution < -0.4 is 15.4 Å². The molecule has 156 valence electrons. The Morgan fingerprint density at radius 2 is 1.90 bits per heavy atom. The highest BCUT2D eigenvalue weighted by Gasteiger charge is 2.36. The first kappa shape index (κ1) is 21.1. The van der Waals surface area contributed by atoms with Gasteiger partial charge in [0.15, 0.2) is 0 Å². The molecule has 0 saturated heterocycles. The predicted octanol–water partition coefficient (Wildman–Crippen LogP) is 2.26. The molecule has 0 aliphatic heterocycles. The van der Waals surface area contributed by atoms with Gasteiger partial charge in [-0.2, -0.15) is 0 Å². The molecular weight excluding hydrogens is 394 g/mol. The van der Waals surface area contributed by atoms with Crippen LogP contribution in [-0.2, 0) is 26.0 Å². The van der Waals surface area contributed by atoms with Crippen LogP contribution >= 0.6 is 0 Å². The molecule has 0 unspecified atom stereocenters. The Hall–Kier alpha value is -2.65. The van der Waals surface area contributed by atoms with Crippen molar-refractivity contribution in [2.45, 2.75) is 44.6 Å². The number of benzene rings is 1. The third kappa shape index (κ3) is 4.68. The number of carbonyl (C=O) groups is 2. The van der Waals surface area contributed by atoms with Gasteiger partial charge in [-0.15, -0.1) is 0 Å². The normalized spacial score (nSPS) is 18.0. The highest BCUT2D eigenvalue weighted by molar-refractivity contribution is 7.89. The Labute approximate surface area is 170 Å². The Balaban J connectivity index is 1.73. The summed E-state index contributed by atoms with van der Waals surface area (Å²) >= 11 is 0. The molecule has 0 saturated carbocycles. The van der Waals surface area contributed by atoms with Gasteiger partial charge >= 0.3 is 11.8 Å². The minimum Gasteiger partial charge on any atom is -0.466 e. The highest BCUT2D eigenvalue weighted by atomic mass is 32.2. The molecule has 0 radical (unpaired) electrons. The summed E-state index contributed by atoms with van der Waals surface area (Å²) in [5, 5.41) is 5.23. The lowest BCUT2D eigenvalue weighted by molar-refractivity contribution is -0.136. The summed E-state index contributed by atoms with van der Waals surface area (Å²) in [4.78, 5) is 24.9. The number of fused-ring (bicyclic) bond motifs is 1. The zero-order valence-electron chi connectivity index (χ0n) is 16.8. The second-order valence-corrected chi connectivity index (χ2v) is 9.88. The van der Waals surface area contributed by atoms with Gasteiger partial charge in [0.05, 0.1) is 10.9 Å². The van der Waals surface area contributed by atoms with Crippen LogP contribution in [0.5, 0.6) is 0 Å². The predicted molar refractivity (Wildman–Crippen MR) is 108 cm³/mol. The van der Waals surface area contributed by atoms with Crippen molar-refractivity contribution < 1.29 is 22.4 Å². The molecule has 1 aromatic carbocycles. The molecule has 1 aromatic heterocycles. The number of aryl methyl sites for hydroxylation is 1. The van der Waals surface area contributed by atoms with Crippen molar-refractivity contribution in [2.75, 3.05) is 12.4 Å². The van der Waals surface area contributed by atoms with Crippen LogP contribution in [0, 0.1) is 12.3 Å². The van der Waals surface area contributed by atoms with Gasteiger partial charge in [0.1, 0.15) is 11.5 Å². The number of anilines is 1. The summed E-state index contributed by atoms with van der Waals surface area (Å²) < 4.78 is 31.8. The number of amides is 2. The number of hydrogen-bond donors (Lipinski definition) is 3. The van der Waals surface area contributed by atoms with E-state index in [2.05, 4.69) is 29.2 Å². The van der Waals surface area contributed by atoms with Crippen molar-refractivity contribution in [1.82, 2.24) is 10.0 Å². The van der Waals surface area contributed by atoms with Crippen molar-refractivity contribution in [1.29, 1.82) is 0 Å². The fraction of sp³-hybridized carbons (Fsp3) is 0.400. The Bertz CT molecular complexity index is 1060. The van der Waals surface area contributed by atoms with Crippen LogP contribution in [0.3, 0.4) is 0 Å². The van der Waals surface area contributed by atoms with E-state index in [1.54, 1.807) is 0 Å². The largest absolute Gasteiger partial charge is 0.466 e. The quantitative estimate of drug-likeness (QED) is 0.657. The summed E-state index contributed by atoms with van der Waals surface area (Å²) in [6.45, 7) is 6.02. The summed E-state index contributed by atoms with van der Waals surface area (Å²) in [6.07, 6.45) is 1.44. The number of sulfonamides is 1. The summed E-state index contributed by atoms with van der Waals surface area (Å²) in [5.74, 6) is -0.0677. The molecule has 8 nitrogen and oxygen atoms in total. The molecule has 0 spiro atoms. The van der Waals surface area contributed by atoms with E-state index >= 15 is 0 Å². The van der Waals surface area contributed by atoms with Crippen LogP contribution in [0.25, 0.3) is 0 Å². The zero-order chi connectivity index (χ0) is 21.4. The standard InChI is InChI=1S/C20H25N3O5S/c1-12-8-15-16(10-20(2,3)11-17(15)28-12)23-19(25)18(24)22-13-6-5-7-14(9-13)29(26,27)21-4/h5-9,16,21H,10-11H2,1-4H3,(H,22,24)(H,23,25)/t16-/m1/s1. The molecule has 2 amide bonds. The third-order valence-electron chi connectivity index (χ3n) is 4.92. The molecule has 1 aliphatic rings. The molecule has 1 heterocycles. The maximum absolute atomic E-state index is 12.5. The van der Waals surface area contributed by atoms with Crippen molar-refractivity contribution >= 4 is 27.5 Å². The van der Waals surface area contributed by atoms with Crippen LogP contribution in [0.2, 0.25) is 0 Å². The van der Waals surface area contributed by atoms with E-state index in [1.165, 1.54) is 31.3 Å². The fourth-order valence-electron chi connectivity index (χ4n) is 3.58. The first-order valence-corrected chi connectivity index (χ1v) is 10.7. The van der Waals surface area contributed by atoms with Crippen molar-refractivity contribution in [3.05, 3.63) is 47.4 Å². The van der Waals surface area contributed by atoms with E-state index < -0.39 is 21.8 Å². The number of furan rings is 1. The highest BCUT2D eigenvalue weighted by Crippen LogP contribution is 2.41. The van der Waals surface area contributed by atoms with E-state index in [9.17, 15) is 18.0 Å². The molecule has 0 bridgehead atoms. The maximum atomic E-state index is 12.5. The minimum atomic E-state index is -3.66. The van der Waals surface area contributed by atoms with Crippen LogP contribution in [0.4, 0.5) is 5.69 Å². The van der Waals surface area contributed by atoms with Gasteiger partial charge in [0.2, 0.25) is 10.0 Å². The third-order valence-corrected chi connectivity index (χ3v) is 6.33. The van der Waals surface area contributed by atoms with Gasteiger partial charge in [-0.1, -0.05) is 19.9 Å². The lowest BCUT2D eigenvalue weighted by Gasteiger charge is -2.34. The Kier molecular flexibility index (Phi) is 5.55. The monoisotopic (exact) mass is 419 g/mol. The Morgan fingerprint density at radius 3 is 2.59 bits per heavy atom. The molecule has 29 heavy (non-hydrogen) atoms. The van der Waals surface area contributed by atoms with Gasteiger partial charge in [0, 0.05) is 17.7 Å².